The molecule has 0 unspecified atom stereocenters. The molecule has 0 aromatic carbocycles. The van der Waals surface area contributed by atoms with Crippen LogP contribution >= 0.6 is 0 Å². The van der Waals surface area contributed by atoms with Crippen molar-refractivity contribution >= 4 is 10.3 Å². The summed E-state index contributed by atoms with van der Waals surface area (Å²) < 4.78 is 131. The minimum Gasteiger partial charge on any atom is -0.343 e. The van der Waals surface area contributed by atoms with Crippen molar-refractivity contribution < 1.29 is 62.6 Å². The number of hydrogen-bond donors (Lipinski definition) is 1. The molecule has 164 valence electrons. The molecule has 0 spiro atoms. The number of halogens is 6. The fourth-order valence-corrected chi connectivity index (χ4v) is 3.58. The zero-order valence-electron chi connectivity index (χ0n) is 14.2. The minimum atomic E-state index is -5.97. The first-order valence-electron chi connectivity index (χ1n) is 7.60. The summed E-state index contributed by atoms with van der Waals surface area (Å²) in [5.74, 6) is -8.70. The van der Waals surface area contributed by atoms with Gasteiger partial charge in [0.1, 0.15) is 24.9 Å². The number of rotatable bonds is 3. The molecular weight excluding hydrogens is 432 g/mol. The molecule has 3 aliphatic heterocycles. The van der Waals surface area contributed by atoms with Crippen LogP contribution in [-0.4, -0.2) is 69.7 Å². The molecule has 3 aliphatic rings. The van der Waals surface area contributed by atoms with E-state index in [1.165, 1.54) is 13.8 Å². The standard InChI is InChI=1S/C12H15F6NO8S/c1-8(2)26-7-6-5(3-22-9(7,27-8)4-23-28(19,20)21)24-10(25-6,11(13,14)15)12(16,17)18/h5-7H,3-4H2,1-2H3,(H2,19,20,21)/t5-,6-,7+,9+/m1/s1. The van der Waals surface area contributed by atoms with Crippen LogP contribution in [0.3, 0.4) is 0 Å². The molecule has 4 atom stereocenters. The first kappa shape index (κ1) is 21.9. The van der Waals surface area contributed by atoms with E-state index in [0.29, 0.717) is 0 Å². The first-order valence-corrected chi connectivity index (χ1v) is 9.07. The normalized spacial score (nSPS) is 37.5. The van der Waals surface area contributed by atoms with Gasteiger partial charge in [-0.1, -0.05) is 0 Å². The van der Waals surface area contributed by atoms with Gasteiger partial charge in [0, 0.05) is 0 Å². The first-order chi connectivity index (χ1) is 12.4. The van der Waals surface area contributed by atoms with Crippen molar-refractivity contribution in [1.82, 2.24) is 0 Å². The van der Waals surface area contributed by atoms with Crippen LogP contribution in [0.5, 0.6) is 0 Å². The van der Waals surface area contributed by atoms with Gasteiger partial charge in [-0.2, -0.15) is 34.8 Å². The zero-order chi connectivity index (χ0) is 21.4. The second-order valence-corrected chi connectivity index (χ2v) is 7.99. The maximum atomic E-state index is 13.2. The second-order valence-electron chi connectivity index (χ2n) is 6.77. The Morgan fingerprint density at radius 2 is 1.64 bits per heavy atom. The molecule has 3 rings (SSSR count). The summed E-state index contributed by atoms with van der Waals surface area (Å²) in [6.45, 7) is 0.692. The number of nitrogens with two attached hydrogens (primary N) is 1. The van der Waals surface area contributed by atoms with Crippen molar-refractivity contribution in [3.63, 3.8) is 0 Å². The van der Waals surface area contributed by atoms with Gasteiger partial charge in [-0.25, -0.2) is 5.14 Å². The van der Waals surface area contributed by atoms with Crippen LogP contribution < -0.4 is 5.14 Å². The van der Waals surface area contributed by atoms with E-state index in [4.69, 9.17) is 19.3 Å². The minimum absolute atomic E-state index is 0.859. The molecule has 0 amide bonds. The Labute approximate surface area is 154 Å². The molecule has 16 heteroatoms. The molecule has 9 nitrogen and oxygen atoms in total. The SMILES string of the molecule is CC1(C)O[C@H]2[C@@H]3OC(C(F)(F)F)(C(F)(F)F)O[C@@H]3CO[C@@]2(COS(N)(=O)=O)O1. The zero-order valence-corrected chi connectivity index (χ0v) is 15.0. The monoisotopic (exact) mass is 447 g/mol. The lowest BCUT2D eigenvalue weighted by atomic mass is 9.98. The third kappa shape index (κ3) is 3.49. The Balaban J connectivity index is 1.97. The summed E-state index contributed by atoms with van der Waals surface area (Å²) in [4.78, 5) is 0. The Morgan fingerprint density at radius 1 is 1.07 bits per heavy atom. The van der Waals surface area contributed by atoms with Crippen molar-refractivity contribution in [3.05, 3.63) is 0 Å². The van der Waals surface area contributed by atoms with Crippen LogP contribution in [0, 0.1) is 0 Å². The summed E-state index contributed by atoms with van der Waals surface area (Å²) in [5.41, 5.74) is 0. The summed E-state index contributed by atoms with van der Waals surface area (Å²) in [6.07, 6.45) is -17.5. The molecule has 0 aliphatic carbocycles. The molecule has 0 aromatic rings. The molecular formula is C12H15F6NO8S. The Bertz CT molecular complexity index is 725. The van der Waals surface area contributed by atoms with Crippen molar-refractivity contribution in [2.45, 2.75) is 61.9 Å². The van der Waals surface area contributed by atoms with E-state index in [1.807, 2.05) is 0 Å². The predicted octanol–water partition coefficient (Wildman–Crippen LogP) is 0.689. The van der Waals surface area contributed by atoms with Crippen molar-refractivity contribution in [2.24, 2.45) is 5.14 Å². The van der Waals surface area contributed by atoms with Gasteiger partial charge in [0.25, 0.3) is 0 Å². The van der Waals surface area contributed by atoms with Gasteiger partial charge < -0.3 is 23.7 Å². The maximum Gasteiger partial charge on any atom is 0.453 e. The lowest BCUT2D eigenvalue weighted by Crippen LogP contribution is -2.61. The van der Waals surface area contributed by atoms with Crippen LogP contribution in [0.2, 0.25) is 0 Å². The van der Waals surface area contributed by atoms with Gasteiger partial charge in [0.2, 0.25) is 5.79 Å². The fraction of sp³-hybridized carbons (Fsp3) is 1.00. The summed E-state index contributed by atoms with van der Waals surface area (Å²) in [6, 6.07) is 0. The number of fused-ring (bicyclic) bond motifs is 3. The van der Waals surface area contributed by atoms with Gasteiger partial charge >= 0.3 is 28.4 Å². The topological polar surface area (TPSA) is 116 Å². The van der Waals surface area contributed by atoms with E-state index < -0.39 is 71.5 Å². The number of ether oxygens (including phenoxy) is 5. The van der Waals surface area contributed by atoms with Gasteiger partial charge in [0.05, 0.1) is 6.61 Å². The van der Waals surface area contributed by atoms with Crippen LogP contribution in [0.1, 0.15) is 13.8 Å². The van der Waals surface area contributed by atoms with Crippen molar-refractivity contribution in [3.8, 4) is 0 Å². The van der Waals surface area contributed by atoms with E-state index >= 15 is 0 Å². The predicted molar refractivity (Wildman–Crippen MR) is 72.4 cm³/mol. The Hall–Kier alpha value is -0.750. The third-order valence-corrected chi connectivity index (χ3v) is 4.66. The highest BCUT2D eigenvalue weighted by Gasteiger charge is 2.81. The number of alkyl halides is 6. The van der Waals surface area contributed by atoms with Gasteiger partial charge in [-0.05, 0) is 13.8 Å². The molecule has 0 bridgehead atoms. The average molecular weight is 447 g/mol. The van der Waals surface area contributed by atoms with E-state index in [1.54, 1.807) is 0 Å². The lowest BCUT2D eigenvalue weighted by Gasteiger charge is -2.40. The molecule has 28 heavy (non-hydrogen) atoms. The van der Waals surface area contributed by atoms with Gasteiger partial charge in [-0.3, -0.25) is 4.18 Å². The van der Waals surface area contributed by atoms with E-state index in [0.717, 1.165) is 0 Å². The Morgan fingerprint density at radius 3 is 2.14 bits per heavy atom. The highest BCUT2D eigenvalue weighted by Crippen LogP contribution is 2.56. The van der Waals surface area contributed by atoms with Gasteiger partial charge in [-0.15, -0.1) is 0 Å². The Kier molecular flexibility index (Phi) is 4.81. The highest BCUT2D eigenvalue weighted by atomic mass is 32.2. The van der Waals surface area contributed by atoms with E-state index in [2.05, 4.69) is 13.7 Å². The molecule has 0 aromatic heterocycles. The van der Waals surface area contributed by atoms with Crippen LogP contribution in [-0.2, 0) is 38.2 Å². The molecule has 0 saturated carbocycles. The fourth-order valence-electron chi connectivity index (χ4n) is 3.25. The number of hydrogen-bond acceptors (Lipinski definition) is 8. The smallest absolute Gasteiger partial charge is 0.343 e. The summed E-state index contributed by atoms with van der Waals surface area (Å²) in [5, 5.41) is 4.71. The van der Waals surface area contributed by atoms with Crippen LogP contribution in [0.4, 0.5) is 26.3 Å². The average Bonchev–Trinajstić information content (AvgIpc) is 2.98. The van der Waals surface area contributed by atoms with Crippen LogP contribution in [0.15, 0.2) is 0 Å². The molecule has 3 saturated heterocycles. The quantitative estimate of drug-likeness (QED) is 0.629. The summed E-state index contributed by atoms with van der Waals surface area (Å²) >= 11 is 0. The third-order valence-electron chi connectivity index (χ3n) is 4.21. The summed E-state index contributed by atoms with van der Waals surface area (Å²) in [7, 11) is -4.54. The van der Waals surface area contributed by atoms with Gasteiger partial charge in [0.15, 0.2) is 5.79 Å². The molecule has 3 heterocycles. The second kappa shape index (κ2) is 6.13. The molecule has 0 radical (unpaired) electrons. The maximum absolute atomic E-state index is 13.2. The lowest BCUT2D eigenvalue weighted by molar-refractivity contribution is -0.446. The molecule has 3 fully saturated rings. The van der Waals surface area contributed by atoms with Crippen LogP contribution in [0.25, 0.3) is 0 Å². The highest BCUT2D eigenvalue weighted by molar-refractivity contribution is 7.84. The largest absolute Gasteiger partial charge is 0.453 e. The van der Waals surface area contributed by atoms with E-state index in [-0.39, 0.29) is 0 Å². The van der Waals surface area contributed by atoms with Crippen molar-refractivity contribution in [1.29, 1.82) is 0 Å². The molecule has 2 N–H and O–H groups in total. The van der Waals surface area contributed by atoms with E-state index in [9.17, 15) is 34.8 Å². The van der Waals surface area contributed by atoms with Crippen molar-refractivity contribution in [2.75, 3.05) is 13.2 Å².